The lowest BCUT2D eigenvalue weighted by atomic mass is 9.95. The molecule has 8 heteroatoms. The lowest BCUT2D eigenvalue weighted by Crippen LogP contribution is -2.33. The van der Waals surface area contributed by atoms with Crippen LogP contribution in [0.5, 0.6) is 0 Å². The fraction of sp³-hybridized carbons (Fsp3) is 0.115. The van der Waals surface area contributed by atoms with Crippen molar-refractivity contribution in [2.75, 3.05) is 13.2 Å². The Morgan fingerprint density at radius 2 is 1.97 bits per heavy atom. The van der Waals surface area contributed by atoms with Crippen LogP contribution in [0.4, 0.5) is 0 Å². The van der Waals surface area contributed by atoms with Crippen molar-refractivity contribution in [3.8, 4) is 16.1 Å². The number of benzene rings is 2. The van der Waals surface area contributed by atoms with Crippen molar-refractivity contribution in [3.05, 3.63) is 98.4 Å². The summed E-state index contributed by atoms with van der Waals surface area (Å²) in [5.41, 5.74) is 3.09. The molecule has 0 saturated carbocycles. The van der Waals surface area contributed by atoms with E-state index in [2.05, 4.69) is 16.0 Å². The highest BCUT2D eigenvalue weighted by atomic mass is 35.5. The van der Waals surface area contributed by atoms with Gasteiger partial charge in [0.1, 0.15) is 4.70 Å². The fourth-order valence-corrected chi connectivity index (χ4v) is 5.89. The largest absolute Gasteiger partial charge is 0.377 e. The maximum atomic E-state index is 13.6. The van der Waals surface area contributed by atoms with E-state index in [1.807, 2.05) is 48.5 Å². The zero-order chi connectivity index (χ0) is 23.2. The molecular weight excluding hydrogens is 470 g/mol. The molecule has 1 aliphatic rings. The highest BCUT2D eigenvalue weighted by Crippen LogP contribution is 2.41. The van der Waals surface area contributed by atoms with E-state index < -0.39 is 5.69 Å². The molecule has 2 aromatic carbocycles. The highest BCUT2D eigenvalue weighted by molar-refractivity contribution is 7.22. The molecule has 4 heterocycles. The zero-order valence-electron chi connectivity index (χ0n) is 17.9. The Kier molecular flexibility index (Phi) is 5.17. The molecule has 0 fully saturated rings. The maximum absolute atomic E-state index is 13.6. The number of hydrogen-bond donors (Lipinski definition) is 1. The van der Waals surface area contributed by atoms with E-state index in [0.29, 0.717) is 34.1 Å². The van der Waals surface area contributed by atoms with E-state index in [-0.39, 0.29) is 5.56 Å². The van der Waals surface area contributed by atoms with Crippen molar-refractivity contribution >= 4 is 49.5 Å². The number of halogens is 1. The van der Waals surface area contributed by atoms with Crippen LogP contribution in [0, 0.1) is 0 Å². The van der Waals surface area contributed by atoms with Gasteiger partial charge in [-0.2, -0.15) is 0 Å². The van der Waals surface area contributed by atoms with E-state index in [0.717, 1.165) is 43.3 Å². The van der Waals surface area contributed by atoms with Gasteiger partial charge in [0.25, 0.3) is 5.56 Å². The molecule has 0 amide bonds. The van der Waals surface area contributed by atoms with Crippen molar-refractivity contribution in [2.24, 2.45) is 0 Å². The number of nitrogens with zero attached hydrogens (tertiary/aromatic N) is 2. The molecule has 3 aromatic heterocycles. The van der Waals surface area contributed by atoms with Crippen molar-refractivity contribution in [3.63, 3.8) is 0 Å². The number of aromatic nitrogens is 3. The third-order valence-corrected chi connectivity index (χ3v) is 7.49. The first-order valence-corrected chi connectivity index (χ1v) is 12.0. The van der Waals surface area contributed by atoms with Crippen LogP contribution in [0.25, 0.3) is 42.7 Å². The maximum Gasteiger partial charge on any atom is 0.333 e. The van der Waals surface area contributed by atoms with Gasteiger partial charge in [0.05, 0.1) is 30.6 Å². The topological polar surface area (TPSA) is 77.0 Å². The van der Waals surface area contributed by atoms with E-state index in [1.165, 1.54) is 11.3 Å². The number of fused-ring (bicyclic) bond motifs is 2. The van der Waals surface area contributed by atoms with Gasteiger partial charge in [-0.1, -0.05) is 54.1 Å². The second kappa shape index (κ2) is 8.36. The van der Waals surface area contributed by atoms with Gasteiger partial charge < -0.3 is 9.72 Å². The van der Waals surface area contributed by atoms with Crippen LogP contribution in [0.2, 0.25) is 5.02 Å². The third kappa shape index (κ3) is 3.40. The number of rotatable bonds is 3. The van der Waals surface area contributed by atoms with Gasteiger partial charge in [-0.15, -0.1) is 11.3 Å². The summed E-state index contributed by atoms with van der Waals surface area (Å²) in [5, 5.41) is 2.22. The van der Waals surface area contributed by atoms with Gasteiger partial charge in [-0.3, -0.25) is 9.78 Å². The van der Waals surface area contributed by atoms with E-state index >= 15 is 0 Å². The van der Waals surface area contributed by atoms with Crippen LogP contribution in [0.15, 0.2) is 76.6 Å². The summed E-state index contributed by atoms with van der Waals surface area (Å²) in [5.74, 6) is 0. The molecular formula is C26H18ClN3O3S. The standard InChI is InChI=1S/C26H18ClN3O3S/c27-19-7-3-6-18(15-8-10-33-11-9-15)23(19)22-12-20-24(34-22)25(31)30(26(32)29-20)21-14-28-13-16-4-1-2-5-17(16)21/h1-8,12-14H,9-11H2,(H,29,32). The number of hydrogen-bond acceptors (Lipinski definition) is 5. The molecule has 5 aromatic rings. The molecule has 6 nitrogen and oxygen atoms in total. The Labute approximate surface area is 202 Å². The predicted molar refractivity (Wildman–Crippen MR) is 137 cm³/mol. The van der Waals surface area contributed by atoms with E-state index in [9.17, 15) is 9.59 Å². The summed E-state index contributed by atoms with van der Waals surface area (Å²) < 4.78 is 7.08. The Hall–Kier alpha value is -3.52. The molecule has 6 rings (SSSR count). The average molecular weight is 488 g/mol. The third-order valence-electron chi connectivity index (χ3n) is 6.03. The van der Waals surface area contributed by atoms with Crippen LogP contribution >= 0.6 is 22.9 Å². The first-order chi connectivity index (χ1) is 16.6. The van der Waals surface area contributed by atoms with Crippen molar-refractivity contribution < 1.29 is 4.74 Å². The molecule has 0 unspecified atom stereocenters. The lowest BCUT2D eigenvalue weighted by Gasteiger charge is -2.17. The Bertz CT molecular complexity index is 1730. The Morgan fingerprint density at radius 3 is 2.82 bits per heavy atom. The number of pyridine rings is 1. The van der Waals surface area contributed by atoms with Gasteiger partial charge in [-0.05, 0) is 29.7 Å². The van der Waals surface area contributed by atoms with Crippen LogP contribution in [-0.4, -0.2) is 27.7 Å². The minimum Gasteiger partial charge on any atom is -0.377 e. The second-order valence-corrected chi connectivity index (χ2v) is 9.48. The first kappa shape index (κ1) is 21.0. The van der Waals surface area contributed by atoms with Crippen molar-refractivity contribution in [1.29, 1.82) is 0 Å². The van der Waals surface area contributed by atoms with Crippen molar-refractivity contribution in [1.82, 2.24) is 14.5 Å². The van der Waals surface area contributed by atoms with Gasteiger partial charge in [0.2, 0.25) is 0 Å². The first-order valence-electron chi connectivity index (χ1n) is 10.8. The lowest BCUT2D eigenvalue weighted by molar-refractivity contribution is 0.161. The van der Waals surface area contributed by atoms with Crippen LogP contribution in [-0.2, 0) is 4.74 Å². The number of ether oxygens (including phenoxy) is 1. The summed E-state index contributed by atoms with van der Waals surface area (Å²) in [6, 6.07) is 15.2. The van der Waals surface area contributed by atoms with Gasteiger partial charge in [-0.25, -0.2) is 9.36 Å². The molecule has 0 saturated heterocycles. The second-order valence-electron chi connectivity index (χ2n) is 8.02. The molecule has 0 radical (unpaired) electrons. The zero-order valence-corrected chi connectivity index (χ0v) is 19.4. The smallest absolute Gasteiger partial charge is 0.333 e. The van der Waals surface area contributed by atoms with Crippen LogP contribution < -0.4 is 11.2 Å². The minimum atomic E-state index is -0.508. The molecule has 1 N–H and O–H groups in total. The van der Waals surface area contributed by atoms with Crippen molar-refractivity contribution in [2.45, 2.75) is 6.42 Å². The monoisotopic (exact) mass is 487 g/mol. The van der Waals surface area contributed by atoms with Gasteiger partial charge in [0, 0.05) is 32.4 Å². The minimum absolute atomic E-state index is 0.382. The highest BCUT2D eigenvalue weighted by Gasteiger charge is 2.20. The summed E-state index contributed by atoms with van der Waals surface area (Å²) >= 11 is 7.98. The van der Waals surface area contributed by atoms with Crippen LogP contribution in [0.1, 0.15) is 12.0 Å². The number of aromatic amines is 1. The van der Waals surface area contributed by atoms with Gasteiger partial charge >= 0.3 is 5.69 Å². The van der Waals surface area contributed by atoms with E-state index in [4.69, 9.17) is 16.3 Å². The fourth-order valence-electron chi connectivity index (χ4n) is 4.44. The Morgan fingerprint density at radius 1 is 1.09 bits per heavy atom. The summed E-state index contributed by atoms with van der Waals surface area (Å²) in [6.07, 6.45) is 6.11. The SMILES string of the molecule is O=c1[nH]c2cc(-c3c(Cl)cccc3C3=CCOCC3)sc2c(=O)n1-c1cncc2ccccc12. The molecule has 168 valence electrons. The van der Waals surface area contributed by atoms with Crippen LogP contribution in [0.3, 0.4) is 0 Å². The number of H-pyrrole nitrogens is 1. The molecule has 1 aliphatic heterocycles. The molecule has 0 aliphatic carbocycles. The molecule has 34 heavy (non-hydrogen) atoms. The van der Waals surface area contributed by atoms with E-state index in [1.54, 1.807) is 12.4 Å². The average Bonchev–Trinajstić information content (AvgIpc) is 3.28. The number of nitrogens with one attached hydrogen (secondary N) is 1. The predicted octanol–water partition coefficient (Wildman–Crippen LogP) is 5.41. The molecule has 0 spiro atoms. The summed E-state index contributed by atoms with van der Waals surface area (Å²) in [7, 11) is 0. The normalized spacial score (nSPS) is 14.0. The quantitative estimate of drug-likeness (QED) is 0.369. The molecule has 0 atom stereocenters. The summed E-state index contributed by atoms with van der Waals surface area (Å²) in [4.78, 5) is 34.6. The van der Waals surface area contributed by atoms with Gasteiger partial charge in [0.15, 0.2) is 0 Å². The number of thiophene rings is 1. The Balaban J connectivity index is 1.58. The molecule has 0 bridgehead atoms. The summed E-state index contributed by atoms with van der Waals surface area (Å²) in [6.45, 7) is 1.21.